The van der Waals surface area contributed by atoms with Crippen LogP contribution in [0.5, 0.6) is 11.5 Å². The topological polar surface area (TPSA) is 120 Å². The molecule has 0 aliphatic rings. The lowest BCUT2D eigenvalue weighted by atomic mass is 9.88. The van der Waals surface area contributed by atoms with Gasteiger partial charge < -0.3 is 8.37 Å². The van der Waals surface area contributed by atoms with Crippen LogP contribution in [0.3, 0.4) is 0 Å². The Labute approximate surface area is 163 Å². The van der Waals surface area contributed by atoms with Gasteiger partial charge in [0.2, 0.25) is 0 Å². The molecular weight excluding hydrogens is 406 g/mol. The minimum atomic E-state index is -4.61. The molecule has 0 amide bonds. The monoisotopic (exact) mass is 421 g/mol. The summed E-state index contributed by atoms with van der Waals surface area (Å²) >= 11 is 0. The summed E-state index contributed by atoms with van der Waals surface area (Å²) in [6.07, 6.45) is 1.65. The Kier molecular flexibility index (Phi) is 5.93. The zero-order chi connectivity index (χ0) is 20.1. The van der Waals surface area contributed by atoms with Crippen molar-refractivity contribution in [3.05, 3.63) is 89.7 Å². The van der Waals surface area contributed by atoms with Gasteiger partial charge in [-0.25, -0.2) is 0 Å². The fourth-order valence-corrected chi connectivity index (χ4v) is 3.37. The summed E-state index contributed by atoms with van der Waals surface area (Å²) in [6.45, 7) is 0. The van der Waals surface area contributed by atoms with E-state index in [0.29, 0.717) is 0 Å². The Hall–Kier alpha value is -2.95. The van der Waals surface area contributed by atoms with Crippen LogP contribution in [0.4, 0.5) is 0 Å². The van der Waals surface area contributed by atoms with E-state index in [9.17, 15) is 16.8 Å². The Morgan fingerprint density at radius 3 is 1.89 bits per heavy atom. The fourth-order valence-electron chi connectivity index (χ4n) is 2.73. The molecule has 0 radical (unpaired) electrons. The van der Waals surface area contributed by atoms with E-state index < -0.39 is 21.4 Å². The van der Waals surface area contributed by atoms with Gasteiger partial charge in [-0.05, 0) is 47.5 Å². The molecule has 1 atom stereocenters. The van der Waals surface area contributed by atoms with Crippen LogP contribution in [-0.2, 0) is 21.4 Å². The zero-order valence-electron chi connectivity index (χ0n) is 14.2. The number of aromatic nitrogens is 1. The molecular formula is C18H15NO7S2. The first-order valence-corrected chi connectivity index (χ1v) is 10.4. The van der Waals surface area contributed by atoms with Gasteiger partial charge in [0.15, 0.2) is 0 Å². The highest BCUT2D eigenvalue weighted by Gasteiger charge is 2.19. The van der Waals surface area contributed by atoms with Crippen LogP contribution in [0.25, 0.3) is 0 Å². The molecule has 1 unspecified atom stereocenters. The zero-order valence-corrected chi connectivity index (χ0v) is 15.9. The van der Waals surface area contributed by atoms with Crippen LogP contribution in [0, 0.1) is 0 Å². The lowest BCUT2D eigenvalue weighted by molar-refractivity contribution is 0.386. The maximum Gasteiger partial charge on any atom is 0.446 e. The van der Waals surface area contributed by atoms with Crippen molar-refractivity contribution in [2.45, 2.75) is 5.92 Å². The minimum Gasteiger partial charge on any atom is -0.384 e. The molecule has 28 heavy (non-hydrogen) atoms. The van der Waals surface area contributed by atoms with Gasteiger partial charge in [-0.15, -0.1) is 0 Å². The van der Waals surface area contributed by atoms with Crippen LogP contribution >= 0.6 is 0 Å². The molecule has 1 aromatic heterocycles. The van der Waals surface area contributed by atoms with Crippen molar-refractivity contribution in [2.75, 3.05) is 0 Å². The van der Waals surface area contributed by atoms with Crippen LogP contribution in [0.1, 0.15) is 22.7 Å². The van der Waals surface area contributed by atoms with Crippen molar-refractivity contribution in [1.29, 1.82) is 0 Å². The molecule has 0 saturated heterocycles. The highest BCUT2D eigenvalue weighted by molar-refractivity contribution is 7.81. The van der Waals surface area contributed by atoms with Gasteiger partial charge in [-0.1, -0.05) is 30.3 Å². The molecule has 1 N–H and O–H groups in total. The van der Waals surface area contributed by atoms with Gasteiger partial charge in [0.05, 0.1) is 11.6 Å². The van der Waals surface area contributed by atoms with Crippen molar-refractivity contribution in [3.8, 4) is 11.5 Å². The van der Waals surface area contributed by atoms with Crippen molar-refractivity contribution in [2.24, 2.45) is 0 Å². The average molecular weight is 421 g/mol. The Bertz CT molecular complexity index is 1100. The van der Waals surface area contributed by atoms with E-state index in [2.05, 4.69) is 13.4 Å². The molecule has 8 nitrogen and oxygen atoms in total. The molecule has 3 rings (SSSR count). The second-order valence-corrected chi connectivity index (χ2v) is 7.30. The van der Waals surface area contributed by atoms with Crippen LogP contribution < -0.4 is 8.37 Å². The maximum atomic E-state index is 10.8. The van der Waals surface area contributed by atoms with Gasteiger partial charge in [0, 0.05) is 6.20 Å². The number of hydrogen-bond acceptors (Lipinski definition) is 7. The number of pyridine rings is 1. The normalized spacial score (nSPS) is 12.5. The van der Waals surface area contributed by atoms with E-state index in [0.717, 1.165) is 16.8 Å². The van der Waals surface area contributed by atoms with Gasteiger partial charge in [0.1, 0.15) is 11.5 Å². The SMILES string of the molecule is O=[SH](=O)Oc1ccc(C(c2ccc(OS(=O)(=O)O)cc2)c2ccccn2)cc1. The van der Waals surface area contributed by atoms with Gasteiger partial charge >= 0.3 is 10.4 Å². The Morgan fingerprint density at radius 1 is 0.857 bits per heavy atom. The van der Waals surface area contributed by atoms with Crippen molar-refractivity contribution in [1.82, 2.24) is 4.98 Å². The number of nitrogens with zero attached hydrogens (tertiary/aromatic N) is 1. The van der Waals surface area contributed by atoms with Crippen molar-refractivity contribution >= 4 is 21.4 Å². The predicted molar refractivity (Wildman–Crippen MR) is 101 cm³/mol. The van der Waals surface area contributed by atoms with Gasteiger partial charge in [-0.2, -0.15) is 16.8 Å². The number of benzene rings is 2. The molecule has 0 fully saturated rings. The number of thiol groups is 1. The van der Waals surface area contributed by atoms with E-state index in [1.54, 1.807) is 36.5 Å². The highest BCUT2D eigenvalue weighted by atomic mass is 32.3. The molecule has 3 aromatic rings. The molecule has 0 spiro atoms. The second kappa shape index (κ2) is 8.38. The molecule has 2 aromatic carbocycles. The molecule has 0 bridgehead atoms. The summed E-state index contributed by atoms with van der Waals surface area (Å²) < 4.78 is 60.9. The third kappa shape index (κ3) is 5.28. The van der Waals surface area contributed by atoms with E-state index in [-0.39, 0.29) is 17.4 Å². The van der Waals surface area contributed by atoms with Gasteiger partial charge in [0.25, 0.3) is 11.0 Å². The third-order valence-electron chi connectivity index (χ3n) is 3.79. The number of hydrogen-bond donors (Lipinski definition) is 2. The molecule has 0 saturated carbocycles. The Balaban J connectivity index is 1.98. The minimum absolute atomic E-state index is 0.0333. The third-order valence-corrected chi connectivity index (χ3v) is 4.55. The first kappa shape index (κ1) is 19.8. The summed E-state index contributed by atoms with van der Waals surface area (Å²) in [4.78, 5) is 4.39. The first-order valence-electron chi connectivity index (χ1n) is 7.92. The summed E-state index contributed by atoms with van der Waals surface area (Å²) in [6, 6.07) is 18.1. The lowest BCUT2D eigenvalue weighted by Crippen LogP contribution is -2.08. The van der Waals surface area contributed by atoms with Crippen LogP contribution in [0.2, 0.25) is 0 Å². The smallest absolute Gasteiger partial charge is 0.384 e. The summed E-state index contributed by atoms with van der Waals surface area (Å²) in [5.74, 6) is -0.151. The van der Waals surface area contributed by atoms with E-state index in [1.807, 2.05) is 12.1 Å². The molecule has 0 aliphatic carbocycles. The Morgan fingerprint density at radius 2 is 1.43 bits per heavy atom. The summed E-state index contributed by atoms with van der Waals surface area (Å²) in [5.41, 5.74) is 2.33. The van der Waals surface area contributed by atoms with Crippen molar-refractivity contribution in [3.63, 3.8) is 0 Å². The summed E-state index contributed by atoms with van der Waals surface area (Å²) in [5, 5.41) is 0. The highest BCUT2D eigenvalue weighted by Crippen LogP contribution is 2.32. The van der Waals surface area contributed by atoms with E-state index >= 15 is 0 Å². The van der Waals surface area contributed by atoms with E-state index in [4.69, 9.17) is 4.55 Å². The van der Waals surface area contributed by atoms with Crippen molar-refractivity contribution < 1.29 is 29.8 Å². The number of rotatable bonds is 7. The molecule has 10 heteroatoms. The van der Waals surface area contributed by atoms with Crippen LogP contribution in [-0.4, -0.2) is 26.4 Å². The van der Waals surface area contributed by atoms with Gasteiger partial charge in [-0.3, -0.25) is 9.54 Å². The summed E-state index contributed by atoms with van der Waals surface area (Å²) in [7, 11) is -7.61. The average Bonchev–Trinajstić information content (AvgIpc) is 2.64. The maximum absolute atomic E-state index is 10.8. The fraction of sp³-hybridized carbons (Fsp3) is 0.0556. The first-order chi connectivity index (χ1) is 13.3. The standard InChI is InChI=1S/C18H15NO7S2/c20-27(21)25-15-8-4-13(5-9-15)18(17-3-1-2-12-19-17)14-6-10-16(11-7-14)26-28(22,23)24/h1-12,18,27H,(H,22,23,24). The van der Waals surface area contributed by atoms with Crippen LogP contribution in [0.15, 0.2) is 72.9 Å². The quantitative estimate of drug-likeness (QED) is 0.441. The van der Waals surface area contributed by atoms with E-state index in [1.165, 1.54) is 24.3 Å². The predicted octanol–water partition coefficient (Wildman–Crippen LogP) is 2.35. The second-order valence-electron chi connectivity index (χ2n) is 5.65. The largest absolute Gasteiger partial charge is 0.446 e. The lowest BCUT2D eigenvalue weighted by Gasteiger charge is -2.18. The molecule has 1 heterocycles. The molecule has 0 aliphatic heterocycles. The molecule has 146 valence electrons.